The van der Waals surface area contributed by atoms with Gasteiger partial charge in [-0.1, -0.05) is 0 Å². The van der Waals surface area contributed by atoms with Gasteiger partial charge in [0.1, 0.15) is 0 Å². The number of anilines is 1. The Labute approximate surface area is 144 Å². The van der Waals surface area contributed by atoms with E-state index in [1.54, 1.807) is 4.90 Å². The van der Waals surface area contributed by atoms with Crippen molar-refractivity contribution in [1.82, 2.24) is 9.80 Å². The fraction of sp³-hybridized carbons (Fsp3) is 0.588. The van der Waals surface area contributed by atoms with Crippen LogP contribution in [0.2, 0.25) is 0 Å². The van der Waals surface area contributed by atoms with Crippen LogP contribution >= 0.6 is 0 Å². The lowest BCUT2D eigenvalue weighted by molar-refractivity contribution is -0.137. The fourth-order valence-corrected chi connectivity index (χ4v) is 3.32. The normalized spacial score (nSPS) is 22.7. The lowest BCUT2D eigenvalue weighted by Gasteiger charge is -2.40. The van der Waals surface area contributed by atoms with E-state index in [4.69, 9.17) is 4.74 Å². The van der Waals surface area contributed by atoms with Crippen molar-refractivity contribution in [2.75, 3.05) is 44.7 Å². The second-order valence-electron chi connectivity index (χ2n) is 6.40. The average molecular weight is 357 g/mol. The molecule has 138 valence electrons. The summed E-state index contributed by atoms with van der Waals surface area (Å²) < 4.78 is 43.1. The molecule has 0 aliphatic carbocycles. The summed E-state index contributed by atoms with van der Waals surface area (Å²) in [6.45, 7) is 4.47. The molecule has 1 N–H and O–H groups in total. The monoisotopic (exact) mass is 357 g/mol. The Hall–Kier alpha value is -1.80. The number of piperidine rings is 1. The van der Waals surface area contributed by atoms with Crippen molar-refractivity contribution in [3.63, 3.8) is 0 Å². The molecular formula is C17H22F3N3O2. The van der Waals surface area contributed by atoms with E-state index < -0.39 is 11.7 Å². The number of carbonyl (C=O) groups excluding carboxylic acids is 1. The Balaban J connectivity index is 1.57. The first-order valence-corrected chi connectivity index (χ1v) is 8.48. The fourth-order valence-electron chi connectivity index (χ4n) is 3.32. The molecule has 1 aromatic rings. The van der Waals surface area contributed by atoms with E-state index in [2.05, 4.69) is 10.2 Å². The van der Waals surface area contributed by atoms with Crippen molar-refractivity contribution >= 4 is 11.7 Å². The lowest BCUT2D eigenvalue weighted by Crippen LogP contribution is -2.53. The summed E-state index contributed by atoms with van der Waals surface area (Å²) in [6, 6.07) is 4.56. The topological polar surface area (TPSA) is 44.8 Å². The Morgan fingerprint density at radius 3 is 2.44 bits per heavy atom. The van der Waals surface area contributed by atoms with Gasteiger partial charge in [-0.25, -0.2) is 4.79 Å². The molecule has 2 amide bonds. The van der Waals surface area contributed by atoms with Crippen LogP contribution < -0.4 is 5.32 Å². The largest absolute Gasteiger partial charge is 0.416 e. The molecule has 2 aliphatic rings. The molecule has 0 bridgehead atoms. The van der Waals surface area contributed by atoms with E-state index in [9.17, 15) is 18.0 Å². The molecule has 1 atom stereocenters. The smallest absolute Gasteiger partial charge is 0.379 e. The van der Waals surface area contributed by atoms with Crippen molar-refractivity contribution in [3.8, 4) is 0 Å². The van der Waals surface area contributed by atoms with Crippen LogP contribution in [0.25, 0.3) is 0 Å². The predicted molar refractivity (Wildman–Crippen MR) is 87.4 cm³/mol. The van der Waals surface area contributed by atoms with Gasteiger partial charge in [0.15, 0.2) is 0 Å². The summed E-state index contributed by atoms with van der Waals surface area (Å²) in [6.07, 6.45) is -2.41. The highest BCUT2D eigenvalue weighted by Crippen LogP contribution is 2.30. The summed E-state index contributed by atoms with van der Waals surface area (Å²) in [7, 11) is 0. The van der Waals surface area contributed by atoms with Gasteiger partial charge >= 0.3 is 12.2 Å². The number of halogens is 3. The maximum Gasteiger partial charge on any atom is 0.416 e. The molecule has 0 unspecified atom stereocenters. The molecule has 0 saturated carbocycles. The van der Waals surface area contributed by atoms with Crippen LogP contribution in [-0.4, -0.2) is 61.3 Å². The summed E-state index contributed by atoms with van der Waals surface area (Å²) in [5.41, 5.74) is -0.359. The van der Waals surface area contributed by atoms with Gasteiger partial charge in [0.2, 0.25) is 0 Å². The molecule has 8 heteroatoms. The number of morpholine rings is 1. The molecule has 2 heterocycles. The van der Waals surface area contributed by atoms with Gasteiger partial charge in [-0.3, -0.25) is 4.90 Å². The zero-order valence-electron chi connectivity index (χ0n) is 13.9. The van der Waals surface area contributed by atoms with Crippen LogP contribution in [0.4, 0.5) is 23.7 Å². The van der Waals surface area contributed by atoms with E-state index in [1.807, 2.05) is 0 Å². The molecule has 2 fully saturated rings. The molecule has 3 rings (SSSR count). The highest BCUT2D eigenvalue weighted by molar-refractivity contribution is 5.89. The number of alkyl halides is 3. The second kappa shape index (κ2) is 7.61. The summed E-state index contributed by atoms with van der Waals surface area (Å²) in [5.74, 6) is 0. The van der Waals surface area contributed by atoms with E-state index >= 15 is 0 Å². The molecular weight excluding hydrogens is 335 g/mol. The van der Waals surface area contributed by atoms with Gasteiger partial charge in [0.05, 0.1) is 18.8 Å². The number of hydrogen-bond donors (Lipinski definition) is 1. The third-order valence-electron chi connectivity index (χ3n) is 4.71. The van der Waals surface area contributed by atoms with Crippen molar-refractivity contribution < 1.29 is 22.7 Å². The summed E-state index contributed by atoms with van der Waals surface area (Å²) >= 11 is 0. The van der Waals surface area contributed by atoms with Crippen molar-refractivity contribution in [3.05, 3.63) is 29.8 Å². The van der Waals surface area contributed by atoms with Gasteiger partial charge in [-0.15, -0.1) is 0 Å². The molecule has 2 saturated heterocycles. The summed E-state index contributed by atoms with van der Waals surface area (Å²) in [5, 5.41) is 2.69. The standard InChI is InChI=1S/C17H22F3N3O2/c18-17(19,20)13-3-5-14(6-4-13)21-16(24)23-7-1-2-15(12-23)22-8-10-25-11-9-22/h3-6,15H,1-2,7-12H2,(H,21,24)/t15-/m0/s1. The van der Waals surface area contributed by atoms with Gasteiger partial charge in [0, 0.05) is 37.9 Å². The van der Waals surface area contributed by atoms with Gasteiger partial charge in [-0.2, -0.15) is 13.2 Å². The first-order chi connectivity index (χ1) is 11.9. The maximum absolute atomic E-state index is 12.6. The predicted octanol–water partition coefficient (Wildman–Crippen LogP) is 3.03. The third-order valence-corrected chi connectivity index (χ3v) is 4.71. The molecule has 2 aliphatic heterocycles. The van der Waals surface area contributed by atoms with Gasteiger partial charge in [-0.05, 0) is 37.1 Å². The van der Waals surface area contributed by atoms with Crippen LogP contribution in [0.1, 0.15) is 18.4 Å². The summed E-state index contributed by atoms with van der Waals surface area (Å²) in [4.78, 5) is 16.5. The minimum atomic E-state index is -4.37. The quantitative estimate of drug-likeness (QED) is 0.885. The van der Waals surface area contributed by atoms with E-state index in [-0.39, 0.29) is 6.03 Å². The number of benzene rings is 1. The number of carbonyl (C=O) groups is 1. The van der Waals surface area contributed by atoms with Crippen molar-refractivity contribution in [2.45, 2.75) is 25.1 Å². The second-order valence-corrected chi connectivity index (χ2v) is 6.40. The van der Waals surface area contributed by atoms with Crippen LogP contribution in [0, 0.1) is 0 Å². The number of rotatable bonds is 2. The molecule has 0 spiro atoms. The number of likely N-dealkylation sites (tertiary alicyclic amines) is 1. The Kier molecular flexibility index (Phi) is 5.48. The highest BCUT2D eigenvalue weighted by Gasteiger charge is 2.31. The van der Waals surface area contributed by atoms with E-state index in [1.165, 1.54) is 12.1 Å². The van der Waals surface area contributed by atoms with Crippen LogP contribution in [0.3, 0.4) is 0 Å². The molecule has 25 heavy (non-hydrogen) atoms. The Bertz CT molecular complexity index is 586. The third kappa shape index (κ3) is 4.64. The minimum Gasteiger partial charge on any atom is -0.379 e. The Morgan fingerprint density at radius 2 is 1.80 bits per heavy atom. The number of ether oxygens (including phenoxy) is 1. The lowest BCUT2D eigenvalue weighted by atomic mass is 10.0. The number of nitrogens with one attached hydrogen (secondary N) is 1. The zero-order chi connectivity index (χ0) is 17.9. The first kappa shape index (κ1) is 18.0. The molecule has 1 aromatic carbocycles. The van der Waals surface area contributed by atoms with Crippen LogP contribution in [0.5, 0.6) is 0 Å². The number of amides is 2. The first-order valence-electron chi connectivity index (χ1n) is 8.48. The number of nitrogens with zero attached hydrogens (tertiary/aromatic N) is 2. The van der Waals surface area contributed by atoms with Crippen molar-refractivity contribution in [2.24, 2.45) is 0 Å². The highest BCUT2D eigenvalue weighted by atomic mass is 19.4. The van der Waals surface area contributed by atoms with Gasteiger partial charge in [0.25, 0.3) is 0 Å². The molecule has 0 aromatic heterocycles. The van der Waals surface area contributed by atoms with Crippen molar-refractivity contribution in [1.29, 1.82) is 0 Å². The Morgan fingerprint density at radius 1 is 1.12 bits per heavy atom. The molecule has 0 radical (unpaired) electrons. The number of hydrogen-bond acceptors (Lipinski definition) is 3. The SMILES string of the molecule is O=C(Nc1ccc(C(F)(F)F)cc1)N1CCC[C@H](N2CCOCC2)C1. The van der Waals surface area contributed by atoms with E-state index in [0.29, 0.717) is 38.0 Å². The average Bonchev–Trinajstić information content (AvgIpc) is 2.62. The van der Waals surface area contributed by atoms with Crippen LogP contribution in [0.15, 0.2) is 24.3 Å². The zero-order valence-corrected chi connectivity index (χ0v) is 13.9. The molecule has 5 nitrogen and oxygen atoms in total. The van der Waals surface area contributed by atoms with E-state index in [0.717, 1.165) is 38.1 Å². The van der Waals surface area contributed by atoms with Crippen LogP contribution in [-0.2, 0) is 10.9 Å². The van der Waals surface area contributed by atoms with Gasteiger partial charge < -0.3 is 15.0 Å². The minimum absolute atomic E-state index is 0.266. The number of urea groups is 1. The maximum atomic E-state index is 12.6.